The molecule has 1 aromatic heterocycles. The van der Waals surface area contributed by atoms with E-state index in [1.807, 2.05) is 0 Å². The summed E-state index contributed by atoms with van der Waals surface area (Å²) < 4.78 is 51.5. The summed E-state index contributed by atoms with van der Waals surface area (Å²) in [5, 5.41) is 0.709. The van der Waals surface area contributed by atoms with Crippen molar-refractivity contribution >= 4 is 34.4 Å². The van der Waals surface area contributed by atoms with Gasteiger partial charge in [0.25, 0.3) is 5.91 Å². The summed E-state index contributed by atoms with van der Waals surface area (Å²) in [6, 6.07) is 8.02. The van der Waals surface area contributed by atoms with Crippen LogP contribution < -0.4 is 4.74 Å². The quantitative estimate of drug-likeness (QED) is 0.535. The van der Waals surface area contributed by atoms with Gasteiger partial charge in [-0.05, 0) is 48.9 Å². The lowest BCUT2D eigenvalue weighted by molar-refractivity contribution is -0.140. The highest BCUT2D eigenvalue weighted by atomic mass is 35.5. The van der Waals surface area contributed by atoms with Gasteiger partial charge in [-0.2, -0.15) is 13.2 Å². The van der Waals surface area contributed by atoms with Gasteiger partial charge in [-0.15, -0.1) is 0 Å². The number of fused-ring (bicyclic) bond motifs is 1. The molecule has 0 atom stereocenters. The van der Waals surface area contributed by atoms with Gasteiger partial charge in [0.05, 0.1) is 31.7 Å². The lowest BCUT2D eigenvalue weighted by Gasteiger charge is -2.13. The first-order valence-electron chi connectivity index (χ1n) is 8.74. The van der Waals surface area contributed by atoms with E-state index in [1.165, 1.54) is 37.4 Å². The van der Waals surface area contributed by atoms with E-state index in [0.717, 1.165) is 17.7 Å². The molecule has 0 aliphatic heterocycles. The molecule has 0 amide bonds. The van der Waals surface area contributed by atoms with Crippen molar-refractivity contribution in [2.24, 2.45) is 0 Å². The smallest absolute Gasteiger partial charge is 0.420 e. The third-order valence-corrected chi connectivity index (χ3v) is 5.06. The van der Waals surface area contributed by atoms with Gasteiger partial charge in [-0.25, -0.2) is 0 Å². The molecule has 9 heteroatoms. The molecule has 0 bridgehead atoms. The van der Waals surface area contributed by atoms with E-state index < -0.39 is 29.4 Å². The molecule has 3 aromatic rings. The molecule has 1 heterocycles. The first-order valence-corrected chi connectivity index (χ1v) is 9.12. The summed E-state index contributed by atoms with van der Waals surface area (Å²) in [5.41, 5.74) is -0.0689. The number of nitrogens with zero attached hydrogens (tertiary/aromatic N) is 1. The van der Waals surface area contributed by atoms with Crippen LogP contribution in [0.1, 0.15) is 27.2 Å². The van der Waals surface area contributed by atoms with E-state index in [2.05, 4.69) is 0 Å². The summed E-state index contributed by atoms with van der Waals surface area (Å²) in [6.45, 7) is 1.56. The first kappa shape index (κ1) is 21.7. The van der Waals surface area contributed by atoms with Crippen LogP contribution in [0.5, 0.6) is 5.75 Å². The van der Waals surface area contributed by atoms with Crippen molar-refractivity contribution in [1.29, 1.82) is 0 Å². The van der Waals surface area contributed by atoms with Gasteiger partial charge in [-0.3, -0.25) is 14.2 Å². The van der Waals surface area contributed by atoms with Crippen LogP contribution in [0.25, 0.3) is 10.9 Å². The van der Waals surface area contributed by atoms with Crippen molar-refractivity contribution < 1.29 is 32.2 Å². The Labute approximate surface area is 174 Å². The van der Waals surface area contributed by atoms with Gasteiger partial charge in [0.2, 0.25) is 0 Å². The van der Waals surface area contributed by atoms with Crippen molar-refractivity contribution in [2.75, 3.05) is 14.2 Å². The molecule has 0 fully saturated rings. The normalized spacial score (nSPS) is 11.6. The van der Waals surface area contributed by atoms with E-state index in [4.69, 9.17) is 21.1 Å². The Hall–Kier alpha value is -3.00. The molecular weight excluding hydrogens is 423 g/mol. The van der Waals surface area contributed by atoms with Crippen molar-refractivity contribution in [1.82, 2.24) is 4.57 Å². The summed E-state index contributed by atoms with van der Waals surface area (Å²) in [7, 11) is 2.33. The third-order valence-electron chi connectivity index (χ3n) is 4.80. The molecule has 0 saturated carbocycles. The van der Waals surface area contributed by atoms with Crippen molar-refractivity contribution in [3.63, 3.8) is 0 Å². The number of aromatic nitrogens is 1. The van der Waals surface area contributed by atoms with Crippen molar-refractivity contribution in [2.45, 2.75) is 19.5 Å². The van der Waals surface area contributed by atoms with Gasteiger partial charge in [-0.1, -0.05) is 11.6 Å². The van der Waals surface area contributed by atoms with Gasteiger partial charge in [0.1, 0.15) is 5.75 Å². The Morgan fingerprint density at radius 1 is 1.10 bits per heavy atom. The van der Waals surface area contributed by atoms with Crippen LogP contribution in [0, 0.1) is 6.92 Å². The van der Waals surface area contributed by atoms with Gasteiger partial charge >= 0.3 is 12.1 Å². The maximum absolute atomic E-state index is 13.6. The maximum Gasteiger partial charge on any atom is 0.420 e. The molecule has 0 aliphatic rings. The zero-order chi connectivity index (χ0) is 22.2. The van der Waals surface area contributed by atoms with Crippen LogP contribution in [0.4, 0.5) is 13.2 Å². The summed E-state index contributed by atoms with van der Waals surface area (Å²) in [4.78, 5) is 25.1. The number of benzene rings is 2. The average molecular weight is 440 g/mol. The second-order valence-electron chi connectivity index (χ2n) is 6.53. The second kappa shape index (κ2) is 8.02. The molecule has 0 N–H and O–H groups in total. The van der Waals surface area contributed by atoms with Crippen LogP contribution in [0.2, 0.25) is 5.02 Å². The summed E-state index contributed by atoms with van der Waals surface area (Å²) in [6.07, 6.45) is -4.91. The highest BCUT2D eigenvalue weighted by molar-refractivity contribution is 6.30. The minimum Gasteiger partial charge on any atom is -0.496 e. The lowest BCUT2D eigenvalue weighted by Crippen LogP contribution is -2.15. The fourth-order valence-corrected chi connectivity index (χ4v) is 3.44. The van der Waals surface area contributed by atoms with E-state index in [1.54, 1.807) is 6.92 Å². The third kappa shape index (κ3) is 3.87. The fraction of sp³-hybridized carbons (Fsp3) is 0.238. The monoisotopic (exact) mass is 439 g/mol. The standard InChI is InChI=1S/C21H17ClF3NO4/c1-11-14(9-19(27)30-3)15-8-18(29-2)16(21(23,24)25)10-17(15)26(11)20(28)12-4-6-13(22)7-5-12/h4-8,10H,9H2,1-3H3. The molecule has 30 heavy (non-hydrogen) atoms. The molecule has 5 nitrogen and oxygen atoms in total. The van der Waals surface area contributed by atoms with E-state index in [0.29, 0.717) is 21.7 Å². The zero-order valence-corrected chi connectivity index (χ0v) is 17.0. The minimum atomic E-state index is -4.70. The molecule has 2 aromatic carbocycles. The van der Waals surface area contributed by atoms with Gasteiger partial charge < -0.3 is 9.47 Å². The van der Waals surface area contributed by atoms with E-state index >= 15 is 0 Å². The number of halogens is 4. The Balaban J connectivity index is 2.34. The molecule has 0 aliphatic carbocycles. The first-order chi connectivity index (χ1) is 14.1. The van der Waals surface area contributed by atoms with Gasteiger partial charge in [0.15, 0.2) is 0 Å². The van der Waals surface area contributed by atoms with Crippen molar-refractivity contribution in [3.8, 4) is 5.75 Å². The molecule has 158 valence electrons. The van der Waals surface area contributed by atoms with E-state index in [9.17, 15) is 22.8 Å². The van der Waals surface area contributed by atoms with Crippen LogP contribution in [0.15, 0.2) is 36.4 Å². The number of carbonyl (C=O) groups excluding carboxylic acids is 2. The topological polar surface area (TPSA) is 57.5 Å². The number of hydrogen-bond acceptors (Lipinski definition) is 4. The highest BCUT2D eigenvalue weighted by Crippen LogP contribution is 2.41. The SMILES string of the molecule is COC(=O)Cc1c(C)n(C(=O)c2ccc(Cl)cc2)c2cc(C(F)(F)F)c(OC)cc12. The molecular formula is C21H17ClF3NO4. The molecule has 0 spiro atoms. The van der Waals surface area contributed by atoms with Crippen LogP contribution >= 0.6 is 11.6 Å². The molecule has 0 unspecified atom stereocenters. The Kier molecular flexibility index (Phi) is 5.81. The minimum absolute atomic E-state index is 0.0134. The second-order valence-corrected chi connectivity index (χ2v) is 6.97. The molecule has 0 saturated heterocycles. The number of hydrogen-bond donors (Lipinski definition) is 0. The number of rotatable bonds is 4. The van der Waals surface area contributed by atoms with Gasteiger partial charge in [0, 0.05) is 21.7 Å². The Morgan fingerprint density at radius 2 is 1.73 bits per heavy atom. The number of carbonyl (C=O) groups is 2. The Bertz CT molecular complexity index is 1130. The summed E-state index contributed by atoms with van der Waals surface area (Å²) in [5.74, 6) is -1.55. The largest absolute Gasteiger partial charge is 0.496 e. The number of esters is 1. The van der Waals surface area contributed by atoms with Crippen LogP contribution in [-0.4, -0.2) is 30.7 Å². The molecule has 0 radical (unpaired) electrons. The fourth-order valence-electron chi connectivity index (χ4n) is 3.32. The zero-order valence-electron chi connectivity index (χ0n) is 16.3. The predicted molar refractivity (Wildman–Crippen MR) is 105 cm³/mol. The predicted octanol–water partition coefficient (Wildman–Crippen LogP) is 5.03. The summed E-state index contributed by atoms with van der Waals surface area (Å²) >= 11 is 5.86. The number of ether oxygens (including phenoxy) is 2. The van der Waals surface area contributed by atoms with E-state index in [-0.39, 0.29) is 17.5 Å². The lowest BCUT2D eigenvalue weighted by atomic mass is 10.0. The molecule has 3 rings (SSSR count). The number of alkyl halides is 3. The van der Waals surface area contributed by atoms with Crippen LogP contribution in [-0.2, 0) is 22.1 Å². The number of methoxy groups -OCH3 is 2. The van der Waals surface area contributed by atoms with Crippen molar-refractivity contribution in [3.05, 3.63) is 63.8 Å². The van der Waals surface area contributed by atoms with Crippen LogP contribution in [0.3, 0.4) is 0 Å². The highest BCUT2D eigenvalue weighted by Gasteiger charge is 2.36. The average Bonchev–Trinajstić information content (AvgIpc) is 2.97. The maximum atomic E-state index is 13.6. The Morgan fingerprint density at radius 3 is 2.27 bits per heavy atom.